The maximum Gasteiger partial charge on any atom is 0.243 e. The highest BCUT2D eigenvalue weighted by molar-refractivity contribution is 7.89. The van der Waals surface area contributed by atoms with Crippen molar-refractivity contribution in [3.8, 4) is 5.75 Å². The van der Waals surface area contributed by atoms with Gasteiger partial charge >= 0.3 is 0 Å². The van der Waals surface area contributed by atoms with Gasteiger partial charge < -0.3 is 14.6 Å². The minimum atomic E-state index is -3.81. The fourth-order valence-corrected chi connectivity index (χ4v) is 4.74. The van der Waals surface area contributed by atoms with Gasteiger partial charge in [0.05, 0.1) is 31.8 Å². The van der Waals surface area contributed by atoms with Crippen LogP contribution in [-0.2, 0) is 14.8 Å². The van der Waals surface area contributed by atoms with Gasteiger partial charge in [-0.2, -0.15) is 4.31 Å². The second-order valence-electron chi connectivity index (χ2n) is 5.83. The Bertz CT molecular complexity index is 680. The minimum absolute atomic E-state index is 0.00234. The van der Waals surface area contributed by atoms with E-state index in [1.165, 1.54) is 23.5 Å². The summed E-state index contributed by atoms with van der Waals surface area (Å²) in [7, 11) is -2.49. The number of hydrogen-bond acceptors (Lipinski definition) is 5. The largest absolute Gasteiger partial charge is 0.494 e. The van der Waals surface area contributed by atoms with Crippen LogP contribution in [0.25, 0.3) is 0 Å². The molecule has 0 aromatic heterocycles. The molecule has 22 heavy (non-hydrogen) atoms. The number of nitrogens with zero attached hydrogens (tertiary/aromatic N) is 1. The topological polar surface area (TPSA) is 76.1 Å². The number of aliphatic hydroxyl groups excluding tert-OH is 1. The van der Waals surface area contributed by atoms with Crippen LogP contribution < -0.4 is 4.74 Å². The van der Waals surface area contributed by atoms with E-state index in [0.29, 0.717) is 13.2 Å². The number of fused-ring (bicyclic) bond motifs is 1. The Hall–Kier alpha value is -1.22. The van der Waals surface area contributed by atoms with Crippen molar-refractivity contribution in [1.29, 1.82) is 0 Å². The van der Waals surface area contributed by atoms with E-state index in [9.17, 15) is 17.9 Å². The molecule has 8 heteroatoms. The highest BCUT2D eigenvalue weighted by atomic mass is 32.2. The Morgan fingerprint density at radius 1 is 1.55 bits per heavy atom. The average Bonchev–Trinajstić information content (AvgIpc) is 3.04. The molecule has 1 aromatic carbocycles. The summed E-state index contributed by atoms with van der Waals surface area (Å²) in [4.78, 5) is -0.111. The van der Waals surface area contributed by atoms with Crippen molar-refractivity contribution in [1.82, 2.24) is 4.31 Å². The van der Waals surface area contributed by atoms with E-state index < -0.39 is 21.3 Å². The van der Waals surface area contributed by atoms with Crippen molar-refractivity contribution < 1.29 is 27.4 Å². The summed E-state index contributed by atoms with van der Waals surface area (Å²) < 4.78 is 50.6. The molecule has 0 spiro atoms. The molecule has 2 heterocycles. The first-order chi connectivity index (χ1) is 10.4. The number of benzene rings is 1. The molecule has 2 aliphatic heterocycles. The molecule has 122 valence electrons. The van der Waals surface area contributed by atoms with Gasteiger partial charge in [-0.3, -0.25) is 0 Å². The SMILES string of the molecule is COc1ccc(S(=O)(=O)N2C[C@H]3COC[C@@]3(CO)C2)cc1F. The molecule has 0 unspecified atom stereocenters. The predicted octanol–water partition coefficient (Wildman–Crippen LogP) is 0.464. The molecule has 2 fully saturated rings. The standard InChI is InChI=1S/C14H18FNO5S/c1-20-13-3-2-11(4-12(13)15)22(18,19)16-5-10-6-21-9-14(10,7-16)8-17/h2-4,10,17H,5-9H2,1H3/t10-,14-/m0/s1. The lowest BCUT2D eigenvalue weighted by Crippen LogP contribution is -2.36. The summed E-state index contributed by atoms with van der Waals surface area (Å²) in [6, 6.07) is 3.59. The lowest BCUT2D eigenvalue weighted by Gasteiger charge is -2.24. The smallest absolute Gasteiger partial charge is 0.243 e. The summed E-state index contributed by atoms with van der Waals surface area (Å²) in [5.74, 6) is -0.754. The summed E-state index contributed by atoms with van der Waals surface area (Å²) in [5, 5.41) is 9.62. The summed E-state index contributed by atoms with van der Waals surface area (Å²) in [6.07, 6.45) is 0. The highest BCUT2D eigenvalue weighted by Crippen LogP contribution is 2.42. The molecule has 0 radical (unpaired) electrons. The third-order valence-corrected chi connectivity index (χ3v) is 6.37. The molecule has 6 nitrogen and oxygen atoms in total. The van der Waals surface area contributed by atoms with Gasteiger partial charge in [0, 0.05) is 24.4 Å². The maximum atomic E-state index is 13.8. The van der Waals surface area contributed by atoms with Crippen LogP contribution in [0.15, 0.2) is 23.1 Å². The van der Waals surface area contributed by atoms with Gasteiger partial charge in [0.25, 0.3) is 0 Å². The number of ether oxygens (including phenoxy) is 2. The quantitative estimate of drug-likeness (QED) is 0.868. The Kier molecular flexibility index (Phi) is 3.88. The lowest BCUT2D eigenvalue weighted by molar-refractivity contribution is 0.0905. The third-order valence-electron chi connectivity index (χ3n) is 4.57. The molecule has 3 rings (SSSR count). The lowest BCUT2D eigenvalue weighted by atomic mass is 9.82. The zero-order chi connectivity index (χ0) is 16.0. The molecule has 0 amide bonds. The van der Waals surface area contributed by atoms with E-state index >= 15 is 0 Å². The number of sulfonamides is 1. The van der Waals surface area contributed by atoms with Crippen molar-refractivity contribution in [2.45, 2.75) is 4.90 Å². The number of methoxy groups -OCH3 is 1. The molecule has 2 atom stereocenters. The Balaban J connectivity index is 1.90. The van der Waals surface area contributed by atoms with E-state index in [-0.39, 0.29) is 36.3 Å². The Morgan fingerprint density at radius 2 is 2.32 bits per heavy atom. The number of aliphatic hydroxyl groups is 1. The minimum Gasteiger partial charge on any atom is -0.494 e. The van der Waals surface area contributed by atoms with Crippen LogP contribution in [0.4, 0.5) is 4.39 Å². The van der Waals surface area contributed by atoms with Crippen LogP contribution in [0.5, 0.6) is 5.75 Å². The van der Waals surface area contributed by atoms with Crippen LogP contribution >= 0.6 is 0 Å². The molecule has 1 N–H and O–H groups in total. The van der Waals surface area contributed by atoms with Crippen LogP contribution in [-0.4, -0.2) is 57.8 Å². The van der Waals surface area contributed by atoms with Crippen LogP contribution in [0, 0.1) is 17.2 Å². The molecule has 2 saturated heterocycles. The van der Waals surface area contributed by atoms with E-state index in [2.05, 4.69) is 0 Å². The zero-order valence-electron chi connectivity index (χ0n) is 12.2. The highest BCUT2D eigenvalue weighted by Gasteiger charge is 2.53. The fourth-order valence-electron chi connectivity index (χ4n) is 3.15. The summed E-state index contributed by atoms with van der Waals surface area (Å²) >= 11 is 0. The molecular formula is C14H18FNO5S. The van der Waals surface area contributed by atoms with E-state index in [4.69, 9.17) is 9.47 Å². The van der Waals surface area contributed by atoms with E-state index in [1.54, 1.807) is 0 Å². The van der Waals surface area contributed by atoms with Gasteiger partial charge in [-0.15, -0.1) is 0 Å². The van der Waals surface area contributed by atoms with Gasteiger partial charge in [-0.05, 0) is 18.2 Å². The predicted molar refractivity (Wildman–Crippen MR) is 75.5 cm³/mol. The first kappa shape index (κ1) is 15.7. The number of rotatable bonds is 4. The van der Waals surface area contributed by atoms with Crippen molar-refractivity contribution in [3.63, 3.8) is 0 Å². The maximum absolute atomic E-state index is 13.8. The fraction of sp³-hybridized carbons (Fsp3) is 0.571. The zero-order valence-corrected chi connectivity index (χ0v) is 13.0. The third kappa shape index (κ3) is 2.30. The molecule has 2 aliphatic rings. The number of hydrogen-bond donors (Lipinski definition) is 1. The van der Waals surface area contributed by atoms with Gasteiger partial charge in [0.2, 0.25) is 10.0 Å². The molecule has 0 bridgehead atoms. The normalized spacial score (nSPS) is 28.8. The van der Waals surface area contributed by atoms with Gasteiger partial charge in [0.1, 0.15) is 0 Å². The van der Waals surface area contributed by atoms with Crippen LogP contribution in [0.2, 0.25) is 0 Å². The Morgan fingerprint density at radius 3 is 2.91 bits per heavy atom. The summed E-state index contributed by atoms with van der Waals surface area (Å²) in [6.45, 7) is 1.11. The van der Waals surface area contributed by atoms with Gasteiger partial charge in [-0.25, -0.2) is 12.8 Å². The first-order valence-corrected chi connectivity index (χ1v) is 8.39. The molecular weight excluding hydrogens is 313 g/mol. The van der Waals surface area contributed by atoms with Crippen molar-refractivity contribution >= 4 is 10.0 Å². The Labute approximate surface area is 128 Å². The average molecular weight is 331 g/mol. The van der Waals surface area contributed by atoms with Crippen molar-refractivity contribution in [2.24, 2.45) is 11.3 Å². The molecule has 0 saturated carbocycles. The second-order valence-corrected chi connectivity index (χ2v) is 7.76. The number of halogens is 1. The van der Waals surface area contributed by atoms with Gasteiger partial charge in [-0.1, -0.05) is 0 Å². The van der Waals surface area contributed by atoms with Crippen molar-refractivity contribution in [3.05, 3.63) is 24.0 Å². The van der Waals surface area contributed by atoms with Gasteiger partial charge in [0.15, 0.2) is 11.6 Å². The monoisotopic (exact) mass is 331 g/mol. The molecule has 0 aliphatic carbocycles. The van der Waals surface area contributed by atoms with Crippen LogP contribution in [0.1, 0.15) is 0 Å². The van der Waals surface area contributed by atoms with Crippen molar-refractivity contribution in [2.75, 3.05) is 40.0 Å². The second kappa shape index (κ2) is 5.45. The van der Waals surface area contributed by atoms with E-state index in [1.807, 2.05) is 0 Å². The first-order valence-electron chi connectivity index (χ1n) is 6.95. The van der Waals surface area contributed by atoms with Crippen LogP contribution in [0.3, 0.4) is 0 Å². The summed E-state index contributed by atoms with van der Waals surface area (Å²) in [5.41, 5.74) is -0.544. The molecule has 1 aromatic rings. The van der Waals surface area contributed by atoms with E-state index in [0.717, 1.165) is 6.07 Å².